The molecule has 3 aromatic carbocycles. The zero-order valence-corrected chi connectivity index (χ0v) is 20.1. The van der Waals surface area contributed by atoms with E-state index in [0.717, 1.165) is 0 Å². The highest BCUT2D eigenvalue weighted by Crippen LogP contribution is 2.29. The Labute approximate surface area is 200 Å². The fourth-order valence-corrected chi connectivity index (χ4v) is 3.19. The van der Waals surface area contributed by atoms with E-state index in [0.29, 0.717) is 56.8 Å². The monoisotopic (exact) mass is 458 g/mol. The van der Waals surface area contributed by atoms with Crippen LogP contribution in [0.2, 0.25) is 0 Å². The quantitative estimate of drug-likeness (QED) is 0.506. The third-order valence-electron chi connectivity index (χ3n) is 5.00. The van der Waals surface area contributed by atoms with E-state index >= 15 is 0 Å². The van der Waals surface area contributed by atoms with Gasteiger partial charge in [0.05, 0.1) is 64.9 Å². The molecule has 0 N–H and O–H groups in total. The fourth-order valence-electron chi connectivity index (χ4n) is 3.19. The van der Waals surface area contributed by atoms with Gasteiger partial charge in [-0.2, -0.15) is 0 Å². The van der Waals surface area contributed by atoms with Gasteiger partial charge in [-0.1, -0.05) is 23.7 Å². The van der Waals surface area contributed by atoms with Crippen LogP contribution in [-0.2, 0) is 0 Å². The minimum atomic E-state index is 0.567. The first-order chi connectivity index (χ1) is 16.6. The summed E-state index contributed by atoms with van der Waals surface area (Å²) in [6.45, 7) is 0. The molecular formula is C28H26O6. The predicted octanol–water partition coefficient (Wildman–Crippen LogP) is 4.54. The minimum Gasteiger partial charge on any atom is -0.497 e. The molecule has 0 aliphatic rings. The van der Waals surface area contributed by atoms with E-state index in [2.05, 4.69) is 23.7 Å². The van der Waals surface area contributed by atoms with Gasteiger partial charge in [-0.15, -0.1) is 0 Å². The molecule has 0 saturated carbocycles. The standard InChI is InChI=1S/C28H26O6/c1-29-23-11-13-25(31-3)19(15-23)7-9-21-17-28(34-6)22(18-27(21)33-5)10-8-20-16-24(30-2)12-14-26(20)32-4/h11-18H,1-6H3. The van der Waals surface area contributed by atoms with Gasteiger partial charge in [-0.3, -0.25) is 0 Å². The molecule has 0 aliphatic heterocycles. The van der Waals surface area contributed by atoms with Crippen LogP contribution in [0.3, 0.4) is 0 Å². The first-order valence-electron chi connectivity index (χ1n) is 10.3. The maximum absolute atomic E-state index is 5.58. The second-order valence-electron chi connectivity index (χ2n) is 6.89. The van der Waals surface area contributed by atoms with Gasteiger partial charge >= 0.3 is 0 Å². The molecule has 6 heteroatoms. The van der Waals surface area contributed by atoms with E-state index in [9.17, 15) is 0 Å². The Morgan fingerprint density at radius 1 is 0.382 bits per heavy atom. The maximum Gasteiger partial charge on any atom is 0.136 e. The Morgan fingerprint density at radius 2 is 0.706 bits per heavy atom. The number of hydrogen-bond acceptors (Lipinski definition) is 6. The summed E-state index contributed by atoms with van der Waals surface area (Å²) in [7, 11) is 9.58. The summed E-state index contributed by atoms with van der Waals surface area (Å²) >= 11 is 0. The molecule has 0 spiro atoms. The molecule has 174 valence electrons. The van der Waals surface area contributed by atoms with Gasteiger partial charge in [0, 0.05) is 12.1 Å². The molecule has 0 amide bonds. The van der Waals surface area contributed by atoms with Crippen LogP contribution in [0, 0.1) is 23.7 Å². The van der Waals surface area contributed by atoms with Crippen LogP contribution in [0.1, 0.15) is 22.3 Å². The molecular weight excluding hydrogens is 432 g/mol. The third kappa shape index (κ3) is 5.49. The van der Waals surface area contributed by atoms with Crippen LogP contribution in [0.4, 0.5) is 0 Å². The molecule has 3 rings (SSSR count). The Balaban J connectivity index is 2.05. The zero-order valence-electron chi connectivity index (χ0n) is 20.1. The molecule has 0 fully saturated rings. The Hall–Kier alpha value is -4.42. The van der Waals surface area contributed by atoms with Crippen LogP contribution in [0.5, 0.6) is 34.5 Å². The van der Waals surface area contributed by atoms with Crippen LogP contribution < -0.4 is 28.4 Å². The Morgan fingerprint density at radius 3 is 1.00 bits per heavy atom. The van der Waals surface area contributed by atoms with Crippen molar-refractivity contribution in [2.45, 2.75) is 0 Å². The highest BCUT2D eigenvalue weighted by atomic mass is 16.5. The van der Waals surface area contributed by atoms with Gasteiger partial charge in [0.25, 0.3) is 0 Å². The summed E-state index contributed by atoms with van der Waals surface area (Å²) in [5, 5.41) is 0. The zero-order chi connectivity index (χ0) is 24.5. The first-order valence-corrected chi connectivity index (χ1v) is 10.3. The van der Waals surface area contributed by atoms with Gasteiger partial charge in [-0.05, 0) is 36.4 Å². The van der Waals surface area contributed by atoms with Crippen molar-refractivity contribution in [2.24, 2.45) is 0 Å². The van der Waals surface area contributed by atoms with E-state index in [-0.39, 0.29) is 0 Å². The van der Waals surface area contributed by atoms with Crippen molar-refractivity contribution in [1.29, 1.82) is 0 Å². The van der Waals surface area contributed by atoms with E-state index in [1.165, 1.54) is 0 Å². The van der Waals surface area contributed by atoms with Crippen molar-refractivity contribution in [3.63, 3.8) is 0 Å². The SMILES string of the molecule is COc1ccc(OC)c(C#Cc2cc(OC)c(C#Cc3cc(OC)ccc3OC)cc2OC)c1. The lowest BCUT2D eigenvalue weighted by molar-refractivity contribution is 0.401. The van der Waals surface area contributed by atoms with Crippen molar-refractivity contribution < 1.29 is 28.4 Å². The van der Waals surface area contributed by atoms with Crippen molar-refractivity contribution >= 4 is 0 Å². The Kier molecular flexibility index (Phi) is 8.16. The van der Waals surface area contributed by atoms with Crippen molar-refractivity contribution in [3.8, 4) is 58.2 Å². The average molecular weight is 459 g/mol. The number of ether oxygens (including phenoxy) is 6. The van der Waals surface area contributed by atoms with E-state index in [1.807, 2.05) is 36.4 Å². The van der Waals surface area contributed by atoms with Crippen LogP contribution in [0.15, 0.2) is 48.5 Å². The summed E-state index contributed by atoms with van der Waals surface area (Å²) < 4.78 is 32.6. The van der Waals surface area contributed by atoms with E-state index < -0.39 is 0 Å². The third-order valence-corrected chi connectivity index (χ3v) is 5.00. The largest absolute Gasteiger partial charge is 0.497 e. The number of hydrogen-bond donors (Lipinski definition) is 0. The molecule has 0 saturated heterocycles. The van der Waals surface area contributed by atoms with Gasteiger partial charge in [0.1, 0.15) is 34.5 Å². The van der Waals surface area contributed by atoms with Crippen molar-refractivity contribution in [3.05, 3.63) is 70.8 Å². The summed E-state index contributed by atoms with van der Waals surface area (Å²) in [6, 6.07) is 14.5. The Bertz CT molecular complexity index is 1190. The molecule has 3 aromatic rings. The fraction of sp³-hybridized carbons (Fsp3) is 0.214. The normalized spacial score (nSPS) is 9.59. The van der Waals surface area contributed by atoms with Gasteiger partial charge in [0.15, 0.2) is 0 Å². The second kappa shape index (κ2) is 11.4. The molecule has 0 radical (unpaired) electrons. The number of rotatable bonds is 6. The van der Waals surface area contributed by atoms with Gasteiger partial charge in [0.2, 0.25) is 0 Å². The molecule has 0 aliphatic carbocycles. The molecule has 6 nitrogen and oxygen atoms in total. The topological polar surface area (TPSA) is 55.4 Å². The van der Waals surface area contributed by atoms with Gasteiger partial charge in [-0.25, -0.2) is 0 Å². The van der Waals surface area contributed by atoms with E-state index in [1.54, 1.807) is 54.8 Å². The summed E-state index contributed by atoms with van der Waals surface area (Å²) in [4.78, 5) is 0. The molecule has 0 heterocycles. The molecule has 34 heavy (non-hydrogen) atoms. The summed E-state index contributed by atoms with van der Waals surface area (Å²) in [6.07, 6.45) is 0. The smallest absolute Gasteiger partial charge is 0.136 e. The molecule has 0 atom stereocenters. The lowest BCUT2D eigenvalue weighted by Crippen LogP contribution is -1.95. The second-order valence-corrected chi connectivity index (χ2v) is 6.89. The first kappa shape index (κ1) is 24.2. The molecule has 0 aromatic heterocycles. The van der Waals surface area contributed by atoms with Crippen molar-refractivity contribution in [1.82, 2.24) is 0 Å². The maximum atomic E-state index is 5.58. The minimum absolute atomic E-state index is 0.567. The van der Waals surface area contributed by atoms with Crippen LogP contribution in [0.25, 0.3) is 0 Å². The summed E-state index contributed by atoms with van der Waals surface area (Å²) in [5.74, 6) is 16.3. The van der Waals surface area contributed by atoms with Crippen LogP contribution >= 0.6 is 0 Å². The average Bonchev–Trinajstić information content (AvgIpc) is 2.89. The van der Waals surface area contributed by atoms with Gasteiger partial charge < -0.3 is 28.4 Å². The number of methoxy groups -OCH3 is 6. The van der Waals surface area contributed by atoms with E-state index in [4.69, 9.17) is 28.4 Å². The summed E-state index contributed by atoms with van der Waals surface area (Å²) in [5.41, 5.74) is 2.68. The lowest BCUT2D eigenvalue weighted by Gasteiger charge is -2.09. The van der Waals surface area contributed by atoms with Crippen molar-refractivity contribution in [2.75, 3.05) is 42.7 Å². The molecule has 0 bridgehead atoms. The molecule has 0 unspecified atom stereocenters. The lowest BCUT2D eigenvalue weighted by atomic mass is 10.1. The number of benzene rings is 3. The highest BCUT2D eigenvalue weighted by molar-refractivity contribution is 5.62. The predicted molar refractivity (Wildman–Crippen MR) is 131 cm³/mol. The van der Waals surface area contributed by atoms with Crippen LogP contribution in [-0.4, -0.2) is 42.7 Å². The highest BCUT2D eigenvalue weighted by Gasteiger charge is 2.10.